The second-order valence-electron chi connectivity index (χ2n) is 5.06. The maximum atomic E-state index is 11.3. The van der Waals surface area contributed by atoms with Crippen LogP contribution in [0.3, 0.4) is 0 Å². The van der Waals surface area contributed by atoms with Crippen LogP contribution in [-0.2, 0) is 6.42 Å². The smallest absolute Gasteiger partial charge is 0.347 e. The Morgan fingerprint density at radius 1 is 1.30 bits per heavy atom. The van der Waals surface area contributed by atoms with E-state index in [0.29, 0.717) is 4.88 Å². The van der Waals surface area contributed by atoms with Crippen molar-refractivity contribution < 1.29 is 9.90 Å². The molecule has 0 aliphatic heterocycles. The normalized spacial score (nSPS) is 11.1. The van der Waals surface area contributed by atoms with Crippen molar-refractivity contribution in [1.29, 1.82) is 0 Å². The highest BCUT2D eigenvalue weighted by atomic mass is 32.1. The van der Waals surface area contributed by atoms with Gasteiger partial charge >= 0.3 is 5.97 Å². The Morgan fingerprint density at radius 3 is 2.50 bits per heavy atom. The van der Waals surface area contributed by atoms with E-state index in [0.717, 1.165) is 49.7 Å². The van der Waals surface area contributed by atoms with E-state index in [-0.39, 0.29) is 0 Å². The third-order valence-electron chi connectivity index (χ3n) is 3.05. The Labute approximate surface area is 125 Å². The van der Waals surface area contributed by atoms with E-state index in [1.54, 1.807) is 0 Å². The second-order valence-corrected chi connectivity index (χ2v) is 6.04. The van der Waals surface area contributed by atoms with Crippen molar-refractivity contribution in [1.82, 2.24) is 9.88 Å². The van der Waals surface area contributed by atoms with E-state index in [1.165, 1.54) is 11.3 Å². The van der Waals surface area contributed by atoms with Crippen LogP contribution in [0.25, 0.3) is 0 Å². The summed E-state index contributed by atoms with van der Waals surface area (Å²) in [6.45, 7) is 6.91. The van der Waals surface area contributed by atoms with Crippen LogP contribution in [0.15, 0.2) is 0 Å². The monoisotopic (exact) mass is 299 g/mol. The molecule has 0 atom stereocenters. The maximum Gasteiger partial charge on any atom is 0.347 e. The average molecular weight is 299 g/mol. The van der Waals surface area contributed by atoms with Crippen molar-refractivity contribution >= 4 is 22.4 Å². The van der Waals surface area contributed by atoms with Gasteiger partial charge < -0.3 is 14.9 Å². The third-order valence-corrected chi connectivity index (χ3v) is 4.20. The Balaban J connectivity index is 2.81. The van der Waals surface area contributed by atoms with Crippen LogP contribution in [0, 0.1) is 0 Å². The van der Waals surface area contributed by atoms with Gasteiger partial charge in [0.2, 0.25) is 0 Å². The number of aryl methyl sites for hydroxylation is 1. The van der Waals surface area contributed by atoms with Gasteiger partial charge in [0.1, 0.15) is 4.88 Å². The van der Waals surface area contributed by atoms with Crippen molar-refractivity contribution in [2.45, 2.75) is 33.1 Å². The molecule has 20 heavy (non-hydrogen) atoms. The molecule has 0 aliphatic carbocycles. The van der Waals surface area contributed by atoms with Gasteiger partial charge in [-0.05, 0) is 40.4 Å². The molecule has 5 nitrogen and oxygen atoms in total. The van der Waals surface area contributed by atoms with Crippen molar-refractivity contribution in [3.63, 3.8) is 0 Å². The molecule has 0 unspecified atom stereocenters. The van der Waals surface area contributed by atoms with Crippen LogP contribution < -0.4 is 4.90 Å². The molecule has 1 heterocycles. The predicted molar refractivity (Wildman–Crippen MR) is 84.1 cm³/mol. The van der Waals surface area contributed by atoms with Crippen molar-refractivity contribution in [3.8, 4) is 0 Å². The van der Waals surface area contributed by atoms with E-state index in [4.69, 9.17) is 0 Å². The Hall–Kier alpha value is -1.14. The van der Waals surface area contributed by atoms with Crippen LogP contribution in [-0.4, -0.2) is 54.7 Å². The molecular formula is C14H25N3O2S. The number of carboxylic acids is 1. The SMILES string of the molecule is CCCc1nc(N(CC)CCCN(C)C)sc1C(=O)O. The van der Waals surface area contributed by atoms with Gasteiger partial charge in [0.15, 0.2) is 5.13 Å². The standard InChI is InChI=1S/C14H25N3O2S/c1-5-8-11-12(13(18)19)20-14(15-11)17(6-2)10-7-9-16(3)4/h5-10H2,1-4H3,(H,18,19). The number of carbonyl (C=O) groups is 1. The number of aromatic nitrogens is 1. The number of anilines is 1. The first-order chi connectivity index (χ1) is 9.49. The van der Waals surface area contributed by atoms with Crippen LogP contribution in [0.2, 0.25) is 0 Å². The molecule has 0 saturated carbocycles. The van der Waals surface area contributed by atoms with Crippen LogP contribution in [0.5, 0.6) is 0 Å². The van der Waals surface area contributed by atoms with Crippen molar-refractivity contribution in [2.24, 2.45) is 0 Å². The fourth-order valence-corrected chi connectivity index (χ4v) is 3.06. The summed E-state index contributed by atoms with van der Waals surface area (Å²) in [5.41, 5.74) is 0.728. The van der Waals surface area contributed by atoms with E-state index in [1.807, 2.05) is 6.92 Å². The quantitative estimate of drug-likeness (QED) is 0.759. The summed E-state index contributed by atoms with van der Waals surface area (Å²) < 4.78 is 0. The fourth-order valence-electron chi connectivity index (χ4n) is 2.01. The zero-order valence-corrected chi connectivity index (χ0v) is 13.7. The molecule has 0 bridgehead atoms. The molecule has 114 valence electrons. The van der Waals surface area contributed by atoms with Gasteiger partial charge in [-0.25, -0.2) is 9.78 Å². The first-order valence-corrected chi connectivity index (χ1v) is 7.93. The molecule has 1 rings (SSSR count). The summed E-state index contributed by atoms with van der Waals surface area (Å²) >= 11 is 1.30. The Kier molecular flexibility index (Phi) is 6.95. The van der Waals surface area contributed by atoms with Gasteiger partial charge in [0.25, 0.3) is 0 Å². The molecule has 0 fully saturated rings. The number of aromatic carboxylic acids is 1. The Bertz CT molecular complexity index is 432. The third kappa shape index (κ3) is 4.76. The van der Waals surface area contributed by atoms with E-state index in [2.05, 4.69) is 35.8 Å². The van der Waals surface area contributed by atoms with Crippen LogP contribution >= 0.6 is 11.3 Å². The lowest BCUT2D eigenvalue weighted by molar-refractivity contribution is 0.0700. The second kappa shape index (κ2) is 8.21. The summed E-state index contributed by atoms with van der Waals surface area (Å²) in [5.74, 6) is -0.860. The van der Waals surface area contributed by atoms with E-state index < -0.39 is 5.97 Å². The van der Waals surface area contributed by atoms with Crippen molar-refractivity contribution in [2.75, 3.05) is 38.6 Å². The maximum absolute atomic E-state index is 11.3. The summed E-state index contributed by atoms with van der Waals surface area (Å²) in [4.78, 5) is 20.5. The predicted octanol–water partition coefficient (Wildman–Crippen LogP) is 2.57. The highest BCUT2D eigenvalue weighted by molar-refractivity contribution is 7.17. The number of nitrogens with zero attached hydrogens (tertiary/aromatic N) is 3. The van der Waals surface area contributed by atoms with Crippen molar-refractivity contribution in [3.05, 3.63) is 10.6 Å². The highest BCUT2D eigenvalue weighted by Gasteiger charge is 2.19. The topological polar surface area (TPSA) is 56.7 Å². The average Bonchev–Trinajstić information content (AvgIpc) is 2.79. The van der Waals surface area contributed by atoms with Gasteiger partial charge in [-0.15, -0.1) is 0 Å². The zero-order valence-electron chi connectivity index (χ0n) is 12.8. The van der Waals surface area contributed by atoms with E-state index >= 15 is 0 Å². The molecule has 1 aromatic heterocycles. The molecule has 0 saturated heterocycles. The summed E-state index contributed by atoms with van der Waals surface area (Å²) in [6, 6.07) is 0. The minimum atomic E-state index is -0.860. The van der Waals surface area contributed by atoms with E-state index in [9.17, 15) is 9.90 Å². The van der Waals surface area contributed by atoms with Gasteiger partial charge in [-0.1, -0.05) is 24.7 Å². The number of rotatable bonds is 9. The Morgan fingerprint density at radius 2 is 2.00 bits per heavy atom. The number of carboxylic acid groups (broad SMARTS) is 1. The summed E-state index contributed by atoms with van der Waals surface area (Å²) in [7, 11) is 4.11. The molecule has 0 aliphatic rings. The largest absolute Gasteiger partial charge is 0.477 e. The van der Waals surface area contributed by atoms with Gasteiger partial charge in [-0.2, -0.15) is 0 Å². The first kappa shape index (κ1) is 16.9. The minimum absolute atomic E-state index is 0.396. The minimum Gasteiger partial charge on any atom is -0.477 e. The first-order valence-electron chi connectivity index (χ1n) is 7.12. The zero-order chi connectivity index (χ0) is 15.1. The molecule has 0 amide bonds. The molecule has 1 aromatic rings. The van der Waals surface area contributed by atoms with Crippen LogP contribution in [0.4, 0.5) is 5.13 Å². The molecular weight excluding hydrogens is 274 g/mol. The molecule has 6 heteroatoms. The summed E-state index contributed by atoms with van der Waals surface area (Å²) in [6.07, 6.45) is 2.69. The number of thiazole rings is 1. The lowest BCUT2D eigenvalue weighted by atomic mass is 10.2. The molecule has 0 aromatic carbocycles. The molecule has 0 radical (unpaired) electrons. The summed E-state index contributed by atoms with van der Waals surface area (Å²) in [5, 5.41) is 10.1. The number of hydrogen-bond acceptors (Lipinski definition) is 5. The number of hydrogen-bond donors (Lipinski definition) is 1. The molecule has 1 N–H and O–H groups in total. The fraction of sp³-hybridized carbons (Fsp3) is 0.714. The van der Waals surface area contributed by atoms with Gasteiger partial charge in [-0.3, -0.25) is 0 Å². The highest BCUT2D eigenvalue weighted by Crippen LogP contribution is 2.27. The van der Waals surface area contributed by atoms with Crippen LogP contribution in [0.1, 0.15) is 42.1 Å². The van der Waals surface area contributed by atoms with Gasteiger partial charge in [0.05, 0.1) is 5.69 Å². The molecule has 0 spiro atoms. The lowest BCUT2D eigenvalue weighted by Gasteiger charge is -2.20. The lowest BCUT2D eigenvalue weighted by Crippen LogP contribution is -2.26. The van der Waals surface area contributed by atoms with Gasteiger partial charge in [0, 0.05) is 13.1 Å².